The minimum Gasteiger partial charge on any atom is -0.379 e. The Morgan fingerprint density at radius 3 is 2.80 bits per heavy atom. The van der Waals surface area contributed by atoms with Gasteiger partial charge in [0.05, 0.1) is 5.69 Å². The second-order valence-corrected chi connectivity index (χ2v) is 4.64. The lowest BCUT2D eigenvalue weighted by molar-refractivity contribution is 0.611. The summed E-state index contributed by atoms with van der Waals surface area (Å²) in [7, 11) is 0. The molecule has 0 aliphatic carbocycles. The SMILES string of the molecule is CCCCC(C)Nc1c(F)cccc1Br. The van der Waals surface area contributed by atoms with Gasteiger partial charge in [-0.3, -0.25) is 0 Å². The summed E-state index contributed by atoms with van der Waals surface area (Å²) >= 11 is 3.34. The van der Waals surface area contributed by atoms with Crippen LogP contribution < -0.4 is 5.32 Å². The number of hydrogen-bond acceptors (Lipinski definition) is 1. The summed E-state index contributed by atoms with van der Waals surface area (Å²) in [5.41, 5.74) is 0.570. The highest BCUT2D eigenvalue weighted by atomic mass is 79.9. The lowest BCUT2D eigenvalue weighted by Crippen LogP contribution is -2.16. The summed E-state index contributed by atoms with van der Waals surface area (Å²) in [6.45, 7) is 4.24. The lowest BCUT2D eigenvalue weighted by atomic mass is 10.1. The average Bonchev–Trinajstić information content (AvgIpc) is 2.21. The van der Waals surface area contributed by atoms with E-state index in [-0.39, 0.29) is 5.82 Å². The van der Waals surface area contributed by atoms with Gasteiger partial charge in [0, 0.05) is 10.5 Å². The third-order valence-corrected chi connectivity index (χ3v) is 3.01. The third-order valence-electron chi connectivity index (χ3n) is 2.34. The van der Waals surface area contributed by atoms with E-state index in [4.69, 9.17) is 0 Å². The summed E-state index contributed by atoms with van der Waals surface area (Å²) in [4.78, 5) is 0. The van der Waals surface area contributed by atoms with Crippen molar-refractivity contribution >= 4 is 21.6 Å². The van der Waals surface area contributed by atoms with Crippen LogP contribution in [0.25, 0.3) is 0 Å². The molecule has 1 unspecified atom stereocenters. The van der Waals surface area contributed by atoms with Gasteiger partial charge in [0.2, 0.25) is 0 Å². The minimum absolute atomic E-state index is 0.201. The maximum atomic E-state index is 13.4. The zero-order chi connectivity index (χ0) is 11.3. The number of para-hydroxylation sites is 1. The molecule has 0 fully saturated rings. The molecule has 0 aromatic heterocycles. The normalized spacial score (nSPS) is 12.5. The number of nitrogens with one attached hydrogen (secondary N) is 1. The van der Waals surface area contributed by atoms with Gasteiger partial charge in [0.25, 0.3) is 0 Å². The summed E-state index contributed by atoms with van der Waals surface area (Å²) in [5, 5.41) is 3.19. The van der Waals surface area contributed by atoms with Crippen molar-refractivity contribution in [2.24, 2.45) is 0 Å². The third kappa shape index (κ3) is 3.82. The van der Waals surface area contributed by atoms with Crippen LogP contribution in [0.2, 0.25) is 0 Å². The Morgan fingerprint density at radius 1 is 1.47 bits per heavy atom. The van der Waals surface area contributed by atoms with Crippen molar-refractivity contribution in [2.45, 2.75) is 39.2 Å². The predicted molar refractivity (Wildman–Crippen MR) is 66.7 cm³/mol. The molecule has 1 atom stereocenters. The second kappa shape index (κ2) is 6.11. The van der Waals surface area contributed by atoms with E-state index in [2.05, 4.69) is 35.1 Å². The highest BCUT2D eigenvalue weighted by Crippen LogP contribution is 2.26. The van der Waals surface area contributed by atoms with Crippen LogP contribution in [0, 0.1) is 5.82 Å². The standard InChI is InChI=1S/C12H17BrFN/c1-3-4-6-9(2)15-12-10(13)7-5-8-11(12)14/h5,7-9,15H,3-4,6H2,1-2H3. The number of rotatable bonds is 5. The molecule has 0 spiro atoms. The minimum atomic E-state index is -0.201. The Kier molecular flexibility index (Phi) is 5.09. The van der Waals surface area contributed by atoms with E-state index < -0.39 is 0 Å². The van der Waals surface area contributed by atoms with Gasteiger partial charge in [-0.15, -0.1) is 0 Å². The van der Waals surface area contributed by atoms with Crippen molar-refractivity contribution in [1.29, 1.82) is 0 Å². The largest absolute Gasteiger partial charge is 0.379 e. The topological polar surface area (TPSA) is 12.0 Å². The number of hydrogen-bond donors (Lipinski definition) is 1. The van der Waals surface area contributed by atoms with E-state index in [1.54, 1.807) is 6.07 Å². The van der Waals surface area contributed by atoms with Crippen LogP contribution in [0.1, 0.15) is 33.1 Å². The van der Waals surface area contributed by atoms with Crippen LogP contribution in [-0.4, -0.2) is 6.04 Å². The molecule has 3 heteroatoms. The fourth-order valence-corrected chi connectivity index (χ4v) is 1.92. The predicted octanol–water partition coefficient (Wildman–Crippen LogP) is 4.58. The van der Waals surface area contributed by atoms with Crippen LogP contribution in [0.4, 0.5) is 10.1 Å². The quantitative estimate of drug-likeness (QED) is 0.828. The van der Waals surface area contributed by atoms with E-state index in [0.29, 0.717) is 11.7 Å². The molecule has 1 aromatic rings. The summed E-state index contributed by atoms with van der Waals surface area (Å²) < 4.78 is 14.2. The van der Waals surface area contributed by atoms with Crippen LogP contribution >= 0.6 is 15.9 Å². The van der Waals surface area contributed by atoms with E-state index >= 15 is 0 Å². The molecule has 0 saturated carbocycles. The molecule has 0 amide bonds. The first-order chi connectivity index (χ1) is 7.15. The first kappa shape index (κ1) is 12.5. The molecule has 1 nitrogen and oxygen atoms in total. The number of halogens is 2. The first-order valence-electron chi connectivity index (χ1n) is 5.35. The molecule has 0 heterocycles. The van der Waals surface area contributed by atoms with Gasteiger partial charge in [0.1, 0.15) is 5.82 Å². The molecular weight excluding hydrogens is 257 g/mol. The Labute approximate surface area is 99.2 Å². The zero-order valence-electron chi connectivity index (χ0n) is 9.19. The van der Waals surface area contributed by atoms with Crippen LogP contribution in [-0.2, 0) is 0 Å². The van der Waals surface area contributed by atoms with Gasteiger partial charge in [-0.25, -0.2) is 4.39 Å². The number of unbranched alkanes of at least 4 members (excludes halogenated alkanes) is 1. The molecule has 0 saturated heterocycles. The van der Waals surface area contributed by atoms with Crippen LogP contribution in [0.15, 0.2) is 22.7 Å². The molecular formula is C12H17BrFN. The maximum absolute atomic E-state index is 13.4. The van der Waals surface area contributed by atoms with Gasteiger partial charge >= 0.3 is 0 Å². The first-order valence-corrected chi connectivity index (χ1v) is 6.15. The molecule has 15 heavy (non-hydrogen) atoms. The molecule has 1 N–H and O–H groups in total. The van der Waals surface area contributed by atoms with Crippen molar-refractivity contribution in [3.8, 4) is 0 Å². The highest BCUT2D eigenvalue weighted by Gasteiger charge is 2.08. The monoisotopic (exact) mass is 273 g/mol. The van der Waals surface area contributed by atoms with Gasteiger partial charge in [-0.05, 0) is 41.4 Å². The van der Waals surface area contributed by atoms with E-state index in [1.165, 1.54) is 18.9 Å². The summed E-state index contributed by atoms with van der Waals surface area (Å²) in [5.74, 6) is -0.201. The molecule has 0 aliphatic heterocycles. The molecule has 0 aliphatic rings. The fourth-order valence-electron chi connectivity index (χ4n) is 1.46. The van der Waals surface area contributed by atoms with Gasteiger partial charge in [-0.2, -0.15) is 0 Å². The van der Waals surface area contributed by atoms with Gasteiger partial charge < -0.3 is 5.32 Å². The van der Waals surface area contributed by atoms with Crippen molar-refractivity contribution in [3.63, 3.8) is 0 Å². The van der Waals surface area contributed by atoms with E-state index in [9.17, 15) is 4.39 Å². The van der Waals surface area contributed by atoms with Crippen molar-refractivity contribution < 1.29 is 4.39 Å². The van der Waals surface area contributed by atoms with Crippen molar-refractivity contribution in [1.82, 2.24) is 0 Å². The second-order valence-electron chi connectivity index (χ2n) is 3.78. The maximum Gasteiger partial charge on any atom is 0.147 e. The van der Waals surface area contributed by atoms with Crippen molar-refractivity contribution in [2.75, 3.05) is 5.32 Å². The number of anilines is 1. The zero-order valence-corrected chi connectivity index (χ0v) is 10.8. The fraction of sp³-hybridized carbons (Fsp3) is 0.500. The molecule has 0 bridgehead atoms. The van der Waals surface area contributed by atoms with Gasteiger partial charge in [-0.1, -0.05) is 25.8 Å². The van der Waals surface area contributed by atoms with E-state index in [1.807, 2.05) is 6.07 Å². The smallest absolute Gasteiger partial charge is 0.147 e. The number of benzene rings is 1. The Morgan fingerprint density at radius 2 is 2.20 bits per heavy atom. The van der Waals surface area contributed by atoms with E-state index in [0.717, 1.165) is 10.9 Å². The summed E-state index contributed by atoms with van der Waals surface area (Å²) in [6, 6.07) is 5.32. The highest BCUT2D eigenvalue weighted by molar-refractivity contribution is 9.10. The summed E-state index contributed by atoms with van der Waals surface area (Å²) in [6.07, 6.45) is 3.40. The van der Waals surface area contributed by atoms with Crippen LogP contribution in [0.3, 0.4) is 0 Å². The molecule has 1 aromatic carbocycles. The average molecular weight is 274 g/mol. The molecule has 0 radical (unpaired) electrons. The lowest BCUT2D eigenvalue weighted by Gasteiger charge is -2.16. The van der Waals surface area contributed by atoms with Crippen LogP contribution in [0.5, 0.6) is 0 Å². The Hall–Kier alpha value is -0.570. The molecule has 1 rings (SSSR count). The van der Waals surface area contributed by atoms with Crippen molar-refractivity contribution in [3.05, 3.63) is 28.5 Å². The Balaban J connectivity index is 2.63. The molecule has 84 valence electrons. The van der Waals surface area contributed by atoms with Gasteiger partial charge in [0.15, 0.2) is 0 Å². The Bertz CT molecular complexity index is 294.